The van der Waals surface area contributed by atoms with Crippen molar-refractivity contribution in [1.29, 1.82) is 0 Å². The van der Waals surface area contributed by atoms with Crippen LogP contribution in [0.4, 0.5) is 0 Å². The molecule has 3 N–H and O–H groups in total. The fourth-order valence-electron chi connectivity index (χ4n) is 5.79. The highest BCUT2D eigenvalue weighted by atomic mass is 16.3. The number of fused-ring (bicyclic) bond motifs is 1. The van der Waals surface area contributed by atoms with E-state index >= 15 is 0 Å². The van der Waals surface area contributed by atoms with E-state index in [1.54, 1.807) is 12.4 Å². The molecule has 2 aromatic carbocycles. The third-order valence-corrected chi connectivity index (χ3v) is 8.30. The van der Waals surface area contributed by atoms with E-state index in [2.05, 4.69) is 9.97 Å². The fourth-order valence-corrected chi connectivity index (χ4v) is 5.79. The van der Waals surface area contributed by atoms with Crippen LogP contribution < -0.4 is 0 Å². The number of aliphatic hydroxyl groups is 1. The SMILES string of the molecule is O=C(Cc1ccc(-c2cccc(-c3cc4ccncc4[nH]3)c2O)cc1)N1CCC(CO)(CC2CC2)CC1. The lowest BCUT2D eigenvalue weighted by Gasteiger charge is -2.41. The molecule has 37 heavy (non-hydrogen) atoms. The summed E-state index contributed by atoms with van der Waals surface area (Å²) < 4.78 is 0. The fraction of sp³-hybridized carbons (Fsp3) is 0.355. The number of para-hydroxylation sites is 1. The van der Waals surface area contributed by atoms with E-state index in [1.165, 1.54) is 12.8 Å². The van der Waals surface area contributed by atoms with Crippen LogP contribution in [0.25, 0.3) is 33.3 Å². The molecule has 0 bridgehead atoms. The van der Waals surface area contributed by atoms with E-state index in [4.69, 9.17) is 0 Å². The number of benzene rings is 2. The molecule has 2 aliphatic rings. The maximum absolute atomic E-state index is 13.0. The van der Waals surface area contributed by atoms with Gasteiger partial charge in [0.05, 0.1) is 23.8 Å². The van der Waals surface area contributed by atoms with Crippen molar-refractivity contribution in [2.75, 3.05) is 19.7 Å². The van der Waals surface area contributed by atoms with Crippen molar-refractivity contribution in [3.63, 3.8) is 0 Å². The molecule has 0 spiro atoms. The summed E-state index contributed by atoms with van der Waals surface area (Å²) in [5.74, 6) is 1.15. The molecule has 1 aliphatic heterocycles. The smallest absolute Gasteiger partial charge is 0.226 e. The molecule has 1 saturated carbocycles. The number of aromatic nitrogens is 2. The molecule has 2 fully saturated rings. The Kier molecular flexibility index (Phi) is 6.21. The first kappa shape index (κ1) is 23.7. The third kappa shape index (κ3) is 4.86. The van der Waals surface area contributed by atoms with Gasteiger partial charge < -0.3 is 20.1 Å². The number of nitrogens with one attached hydrogen (secondary N) is 1. The number of likely N-dealkylation sites (tertiary alicyclic amines) is 1. The topological polar surface area (TPSA) is 89.5 Å². The van der Waals surface area contributed by atoms with Gasteiger partial charge in [-0.1, -0.05) is 49.2 Å². The van der Waals surface area contributed by atoms with Crippen LogP contribution in [0.3, 0.4) is 0 Å². The number of phenols is 1. The van der Waals surface area contributed by atoms with Crippen molar-refractivity contribution in [1.82, 2.24) is 14.9 Å². The summed E-state index contributed by atoms with van der Waals surface area (Å²) >= 11 is 0. The number of H-pyrrole nitrogens is 1. The molecule has 6 heteroatoms. The molecule has 0 unspecified atom stereocenters. The predicted octanol–water partition coefficient (Wildman–Crippen LogP) is 5.55. The number of nitrogens with zero attached hydrogens (tertiary/aromatic N) is 2. The summed E-state index contributed by atoms with van der Waals surface area (Å²) in [5.41, 5.74) is 5.13. The van der Waals surface area contributed by atoms with Gasteiger partial charge in [0.1, 0.15) is 5.75 Å². The van der Waals surface area contributed by atoms with Gasteiger partial charge in [-0.3, -0.25) is 9.78 Å². The first-order chi connectivity index (χ1) is 18.0. The van der Waals surface area contributed by atoms with Crippen molar-refractivity contribution in [2.45, 2.75) is 38.5 Å². The number of carbonyl (C=O) groups excluding carboxylic acids is 1. The number of phenolic OH excluding ortho intramolecular Hbond substituents is 1. The highest BCUT2D eigenvalue weighted by molar-refractivity contribution is 5.89. The number of hydrogen-bond acceptors (Lipinski definition) is 4. The van der Waals surface area contributed by atoms with Crippen molar-refractivity contribution >= 4 is 16.8 Å². The number of carbonyl (C=O) groups is 1. The van der Waals surface area contributed by atoms with Crippen molar-refractivity contribution in [2.24, 2.45) is 11.3 Å². The van der Waals surface area contributed by atoms with E-state index in [9.17, 15) is 15.0 Å². The first-order valence-corrected chi connectivity index (χ1v) is 13.3. The van der Waals surface area contributed by atoms with Gasteiger partial charge in [0.15, 0.2) is 0 Å². The Labute approximate surface area is 217 Å². The van der Waals surface area contributed by atoms with Gasteiger partial charge in [-0.25, -0.2) is 0 Å². The standard InChI is InChI=1S/C31H33N3O3/c35-20-31(18-22-4-5-22)11-14-34(15-12-31)29(36)16-21-6-8-23(9-7-21)25-2-1-3-26(30(25)37)27-17-24-10-13-32-19-28(24)33-27/h1-3,6-10,13,17,19,22,33,35,37H,4-5,11-12,14-16,18,20H2. The van der Waals surface area contributed by atoms with Crippen LogP contribution in [-0.4, -0.2) is 50.7 Å². The number of hydrogen-bond donors (Lipinski definition) is 3. The molecule has 190 valence electrons. The van der Waals surface area contributed by atoms with Gasteiger partial charge in [0.2, 0.25) is 5.91 Å². The van der Waals surface area contributed by atoms with Crippen LogP contribution in [0.1, 0.15) is 37.7 Å². The molecule has 6 rings (SSSR count). The monoisotopic (exact) mass is 495 g/mol. The van der Waals surface area contributed by atoms with E-state index < -0.39 is 0 Å². The van der Waals surface area contributed by atoms with Gasteiger partial charge in [-0.2, -0.15) is 0 Å². The Hall–Kier alpha value is -3.64. The van der Waals surface area contributed by atoms with E-state index in [0.717, 1.165) is 77.1 Å². The largest absolute Gasteiger partial charge is 0.507 e. The molecule has 1 amide bonds. The van der Waals surface area contributed by atoms with E-state index in [0.29, 0.717) is 6.42 Å². The number of aliphatic hydroxyl groups excluding tert-OH is 1. The van der Waals surface area contributed by atoms with Crippen LogP contribution >= 0.6 is 0 Å². The van der Waals surface area contributed by atoms with Gasteiger partial charge in [0, 0.05) is 42.4 Å². The lowest BCUT2D eigenvalue weighted by Crippen LogP contribution is -2.45. The van der Waals surface area contributed by atoms with Crippen LogP contribution in [-0.2, 0) is 11.2 Å². The first-order valence-electron chi connectivity index (χ1n) is 13.3. The maximum Gasteiger partial charge on any atom is 0.226 e. The summed E-state index contributed by atoms with van der Waals surface area (Å²) in [6, 6.07) is 17.6. The number of piperidine rings is 1. The molecule has 6 nitrogen and oxygen atoms in total. The second-order valence-corrected chi connectivity index (χ2v) is 10.9. The predicted molar refractivity (Wildman–Crippen MR) is 145 cm³/mol. The summed E-state index contributed by atoms with van der Waals surface area (Å²) in [6.07, 6.45) is 9.39. The Bertz CT molecular complexity index is 1380. The quantitative estimate of drug-likeness (QED) is 0.314. The van der Waals surface area contributed by atoms with Gasteiger partial charge in [-0.15, -0.1) is 0 Å². The average Bonchev–Trinajstić information content (AvgIpc) is 3.63. The lowest BCUT2D eigenvalue weighted by molar-refractivity contribution is -0.133. The second-order valence-electron chi connectivity index (χ2n) is 10.9. The second kappa shape index (κ2) is 9.67. The zero-order valence-corrected chi connectivity index (χ0v) is 21.0. The zero-order valence-electron chi connectivity index (χ0n) is 21.0. The van der Waals surface area contributed by atoms with Crippen LogP contribution in [0.5, 0.6) is 5.75 Å². The molecular weight excluding hydrogens is 462 g/mol. The Morgan fingerprint density at radius 3 is 2.51 bits per heavy atom. The summed E-state index contributed by atoms with van der Waals surface area (Å²) in [5, 5.41) is 22.2. The van der Waals surface area contributed by atoms with Gasteiger partial charge in [0.25, 0.3) is 0 Å². The van der Waals surface area contributed by atoms with E-state index in [1.807, 2.05) is 59.5 Å². The Morgan fingerprint density at radius 2 is 1.81 bits per heavy atom. The maximum atomic E-state index is 13.0. The number of amides is 1. The number of aromatic hydroxyl groups is 1. The summed E-state index contributed by atoms with van der Waals surface area (Å²) in [7, 11) is 0. The van der Waals surface area contributed by atoms with Crippen molar-refractivity contribution in [3.8, 4) is 28.1 Å². The molecule has 1 saturated heterocycles. The lowest BCUT2D eigenvalue weighted by atomic mass is 9.75. The molecule has 0 radical (unpaired) electrons. The van der Waals surface area contributed by atoms with Crippen LogP contribution in [0.2, 0.25) is 0 Å². The van der Waals surface area contributed by atoms with Crippen molar-refractivity contribution in [3.05, 3.63) is 72.6 Å². The molecular formula is C31H33N3O3. The number of pyridine rings is 1. The molecule has 4 aromatic rings. The molecule has 3 heterocycles. The Morgan fingerprint density at radius 1 is 1.05 bits per heavy atom. The minimum Gasteiger partial charge on any atom is -0.507 e. The third-order valence-electron chi connectivity index (χ3n) is 8.30. The number of rotatable bonds is 7. The summed E-state index contributed by atoms with van der Waals surface area (Å²) in [4.78, 5) is 22.5. The van der Waals surface area contributed by atoms with Crippen LogP contribution in [0.15, 0.2) is 67.0 Å². The molecule has 1 aliphatic carbocycles. The highest BCUT2D eigenvalue weighted by Crippen LogP contribution is 2.45. The zero-order chi connectivity index (χ0) is 25.4. The van der Waals surface area contributed by atoms with Crippen molar-refractivity contribution < 1.29 is 15.0 Å². The average molecular weight is 496 g/mol. The highest BCUT2D eigenvalue weighted by Gasteiger charge is 2.39. The minimum absolute atomic E-state index is 0.0138. The van der Waals surface area contributed by atoms with Crippen LogP contribution in [0, 0.1) is 11.3 Å². The summed E-state index contributed by atoms with van der Waals surface area (Å²) in [6.45, 7) is 1.70. The van der Waals surface area contributed by atoms with Gasteiger partial charge in [-0.05, 0) is 59.9 Å². The van der Waals surface area contributed by atoms with Gasteiger partial charge >= 0.3 is 0 Å². The Balaban J connectivity index is 1.13. The molecule has 2 aromatic heterocycles. The normalized spacial score (nSPS) is 17.3. The minimum atomic E-state index is 0.0138. The van der Waals surface area contributed by atoms with E-state index in [-0.39, 0.29) is 23.7 Å². The number of aromatic amines is 1. The molecule has 0 atom stereocenters.